The van der Waals surface area contributed by atoms with Crippen LogP contribution in [-0.4, -0.2) is 57.1 Å². The third-order valence-corrected chi connectivity index (χ3v) is 6.44. The van der Waals surface area contributed by atoms with E-state index in [1.165, 1.54) is 23.2 Å². The Bertz CT molecular complexity index is 971. The Labute approximate surface area is 189 Å². The summed E-state index contributed by atoms with van der Waals surface area (Å²) < 4.78 is 5.17. The number of likely N-dealkylation sites (tertiary alicyclic amines) is 1. The molecule has 1 saturated heterocycles. The van der Waals surface area contributed by atoms with Crippen LogP contribution < -0.4 is 20.3 Å². The molecule has 2 aromatic carbocycles. The van der Waals surface area contributed by atoms with E-state index in [0.29, 0.717) is 18.0 Å². The number of rotatable bonds is 6. The van der Waals surface area contributed by atoms with Crippen molar-refractivity contribution in [2.24, 2.45) is 0 Å². The highest BCUT2D eigenvalue weighted by Gasteiger charge is 2.26. The maximum atomic E-state index is 12.6. The van der Waals surface area contributed by atoms with E-state index >= 15 is 0 Å². The molecule has 2 aromatic rings. The summed E-state index contributed by atoms with van der Waals surface area (Å²) in [6.07, 6.45) is 4.61. The average Bonchev–Trinajstić information content (AvgIpc) is 3.20. The van der Waals surface area contributed by atoms with Crippen molar-refractivity contribution in [3.05, 3.63) is 53.6 Å². The first-order valence-corrected chi connectivity index (χ1v) is 11.4. The third kappa shape index (κ3) is 5.05. The van der Waals surface area contributed by atoms with E-state index in [1.807, 2.05) is 0 Å². The number of carbonyl (C=O) groups is 2. The van der Waals surface area contributed by atoms with Crippen molar-refractivity contribution in [3.8, 4) is 5.75 Å². The first-order valence-electron chi connectivity index (χ1n) is 11.4. The molecule has 0 aromatic heterocycles. The van der Waals surface area contributed by atoms with Gasteiger partial charge in [-0.2, -0.15) is 0 Å². The second-order valence-corrected chi connectivity index (χ2v) is 8.57. The van der Waals surface area contributed by atoms with Crippen LogP contribution in [-0.2, 0) is 16.0 Å². The zero-order chi connectivity index (χ0) is 22.5. The SMILES string of the molecule is COc1cccc(NC(=O)C(=O)NC[C@H](c2ccc3c(c2)CCN3C)N2CCCCC2)c1. The number of nitrogens with zero attached hydrogens (tertiary/aromatic N) is 2. The van der Waals surface area contributed by atoms with Gasteiger partial charge in [0.15, 0.2) is 0 Å². The van der Waals surface area contributed by atoms with E-state index in [0.717, 1.165) is 38.9 Å². The van der Waals surface area contributed by atoms with Crippen LogP contribution in [0.25, 0.3) is 0 Å². The van der Waals surface area contributed by atoms with E-state index in [2.05, 4.69) is 45.7 Å². The van der Waals surface area contributed by atoms with Crippen molar-refractivity contribution in [2.75, 3.05) is 50.6 Å². The summed E-state index contributed by atoms with van der Waals surface area (Å²) in [6, 6.07) is 13.7. The van der Waals surface area contributed by atoms with Crippen LogP contribution in [0, 0.1) is 0 Å². The van der Waals surface area contributed by atoms with Crippen LogP contribution in [0.4, 0.5) is 11.4 Å². The summed E-state index contributed by atoms with van der Waals surface area (Å²) in [5.41, 5.74) is 4.37. The first-order chi connectivity index (χ1) is 15.5. The molecule has 0 aliphatic carbocycles. The number of hydrogen-bond donors (Lipinski definition) is 2. The van der Waals surface area contributed by atoms with Gasteiger partial charge in [0.2, 0.25) is 0 Å². The molecule has 2 aliphatic rings. The van der Waals surface area contributed by atoms with Crippen molar-refractivity contribution < 1.29 is 14.3 Å². The van der Waals surface area contributed by atoms with Gasteiger partial charge in [-0.3, -0.25) is 14.5 Å². The van der Waals surface area contributed by atoms with Crippen molar-refractivity contribution in [3.63, 3.8) is 0 Å². The molecule has 170 valence electrons. The number of anilines is 2. The molecule has 0 radical (unpaired) electrons. The van der Waals surface area contributed by atoms with Crippen molar-refractivity contribution in [1.82, 2.24) is 10.2 Å². The van der Waals surface area contributed by atoms with Gasteiger partial charge in [-0.1, -0.05) is 24.6 Å². The van der Waals surface area contributed by atoms with Gasteiger partial charge >= 0.3 is 11.8 Å². The van der Waals surface area contributed by atoms with Crippen LogP contribution in [0.5, 0.6) is 5.75 Å². The predicted molar refractivity (Wildman–Crippen MR) is 126 cm³/mol. The Morgan fingerprint density at radius 3 is 2.62 bits per heavy atom. The zero-order valence-electron chi connectivity index (χ0n) is 18.9. The minimum atomic E-state index is -0.675. The van der Waals surface area contributed by atoms with E-state index in [1.54, 1.807) is 31.4 Å². The highest BCUT2D eigenvalue weighted by Crippen LogP contribution is 2.32. The fraction of sp³-hybridized carbons (Fsp3) is 0.440. The largest absolute Gasteiger partial charge is 0.497 e. The molecule has 1 atom stereocenters. The standard InChI is InChI=1S/C25H32N4O3/c1-28-14-11-19-15-18(9-10-22(19)28)23(29-12-4-3-5-13-29)17-26-24(30)25(31)27-20-7-6-8-21(16-20)32-2/h6-10,15-16,23H,3-5,11-14,17H2,1-2H3,(H,26,30)(H,27,31)/t23-/m1/s1. The van der Waals surface area contributed by atoms with Crippen molar-refractivity contribution in [1.29, 1.82) is 0 Å². The van der Waals surface area contributed by atoms with E-state index in [9.17, 15) is 9.59 Å². The number of fused-ring (bicyclic) bond motifs is 1. The Balaban J connectivity index is 1.44. The molecule has 2 heterocycles. The Kier molecular flexibility index (Phi) is 6.95. The van der Waals surface area contributed by atoms with E-state index < -0.39 is 11.8 Å². The van der Waals surface area contributed by atoms with Gasteiger partial charge in [0.05, 0.1) is 13.2 Å². The topological polar surface area (TPSA) is 73.9 Å². The van der Waals surface area contributed by atoms with Crippen LogP contribution in [0.15, 0.2) is 42.5 Å². The number of methoxy groups -OCH3 is 1. The number of benzene rings is 2. The number of ether oxygens (including phenoxy) is 1. The molecular formula is C25H32N4O3. The lowest BCUT2D eigenvalue weighted by atomic mass is 9.98. The van der Waals surface area contributed by atoms with Gasteiger partial charge in [0.25, 0.3) is 0 Å². The van der Waals surface area contributed by atoms with Gasteiger partial charge in [-0.05, 0) is 61.7 Å². The third-order valence-electron chi connectivity index (χ3n) is 6.44. The van der Waals surface area contributed by atoms with Gasteiger partial charge in [0, 0.05) is 37.6 Å². The van der Waals surface area contributed by atoms with Crippen LogP contribution in [0.1, 0.15) is 36.4 Å². The minimum Gasteiger partial charge on any atom is -0.497 e. The summed E-state index contributed by atoms with van der Waals surface area (Å²) in [7, 11) is 3.68. The lowest BCUT2D eigenvalue weighted by molar-refractivity contribution is -0.136. The maximum Gasteiger partial charge on any atom is 0.313 e. The average molecular weight is 437 g/mol. The second kappa shape index (κ2) is 10.0. The van der Waals surface area contributed by atoms with E-state index in [-0.39, 0.29) is 6.04 Å². The molecule has 0 unspecified atom stereocenters. The lowest BCUT2D eigenvalue weighted by Crippen LogP contribution is -2.43. The fourth-order valence-corrected chi connectivity index (χ4v) is 4.64. The fourth-order valence-electron chi connectivity index (χ4n) is 4.64. The van der Waals surface area contributed by atoms with Gasteiger partial charge < -0.3 is 20.3 Å². The first kappa shape index (κ1) is 22.1. The predicted octanol–water partition coefficient (Wildman–Crippen LogP) is 2.97. The summed E-state index contributed by atoms with van der Waals surface area (Å²) in [4.78, 5) is 29.7. The van der Waals surface area contributed by atoms with Crippen molar-refractivity contribution in [2.45, 2.75) is 31.7 Å². The van der Waals surface area contributed by atoms with Crippen molar-refractivity contribution >= 4 is 23.2 Å². The molecule has 2 aliphatic heterocycles. The molecule has 2 N–H and O–H groups in total. The molecular weight excluding hydrogens is 404 g/mol. The Hall–Kier alpha value is -3.06. The number of hydrogen-bond acceptors (Lipinski definition) is 5. The molecule has 7 heteroatoms. The normalized spacial score (nSPS) is 16.9. The molecule has 2 amide bonds. The van der Waals surface area contributed by atoms with Gasteiger partial charge in [0.1, 0.15) is 5.75 Å². The molecule has 0 spiro atoms. The van der Waals surface area contributed by atoms with E-state index in [4.69, 9.17) is 4.74 Å². The summed E-state index contributed by atoms with van der Waals surface area (Å²) >= 11 is 0. The number of carbonyl (C=O) groups excluding carboxylic acids is 2. The Morgan fingerprint density at radius 1 is 1.03 bits per heavy atom. The minimum absolute atomic E-state index is 0.0556. The van der Waals surface area contributed by atoms with Crippen LogP contribution in [0.3, 0.4) is 0 Å². The molecule has 0 bridgehead atoms. The van der Waals surface area contributed by atoms with Crippen LogP contribution >= 0.6 is 0 Å². The number of nitrogens with one attached hydrogen (secondary N) is 2. The monoisotopic (exact) mass is 436 g/mol. The number of amides is 2. The summed E-state index contributed by atoms with van der Waals surface area (Å²) in [6.45, 7) is 3.45. The summed E-state index contributed by atoms with van der Waals surface area (Å²) in [5, 5.41) is 5.52. The highest BCUT2D eigenvalue weighted by atomic mass is 16.5. The van der Waals surface area contributed by atoms with Crippen LogP contribution in [0.2, 0.25) is 0 Å². The molecule has 4 rings (SSSR count). The van der Waals surface area contributed by atoms with Gasteiger partial charge in [-0.25, -0.2) is 0 Å². The number of piperidine rings is 1. The molecule has 7 nitrogen and oxygen atoms in total. The summed E-state index contributed by atoms with van der Waals surface area (Å²) in [5.74, 6) is -0.683. The zero-order valence-corrected chi connectivity index (χ0v) is 18.9. The molecule has 1 fully saturated rings. The highest BCUT2D eigenvalue weighted by molar-refractivity contribution is 6.39. The quantitative estimate of drug-likeness (QED) is 0.681. The number of likely N-dealkylation sites (N-methyl/N-ethyl adjacent to an activating group) is 1. The molecule has 32 heavy (non-hydrogen) atoms. The Morgan fingerprint density at radius 2 is 1.84 bits per heavy atom. The molecule has 0 saturated carbocycles. The maximum absolute atomic E-state index is 12.6. The lowest BCUT2D eigenvalue weighted by Gasteiger charge is -2.35. The smallest absolute Gasteiger partial charge is 0.313 e. The van der Waals surface area contributed by atoms with Gasteiger partial charge in [-0.15, -0.1) is 0 Å². The second-order valence-electron chi connectivity index (χ2n) is 8.57.